The highest BCUT2D eigenvalue weighted by Gasteiger charge is 2.17. The summed E-state index contributed by atoms with van der Waals surface area (Å²) < 4.78 is 5.17. The van der Waals surface area contributed by atoms with Crippen molar-refractivity contribution in [3.05, 3.63) is 87.7 Å². The molecule has 4 nitrogen and oxygen atoms in total. The highest BCUT2D eigenvalue weighted by molar-refractivity contribution is 6.35. The van der Waals surface area contributed by atoms with Crippen LogP contribution in [0.15, 0.2) is 60.8 Å². The number of aromatic nitrogens is 1. The summed E-state index contributed by atoms with van der Waals surface area (Å²) in [6.45, 7) is 1.02. The van der Waals surface area contributed by atoms with Crippen LogP contribution >= 0.6 is 23.2 Å². The van der Waals surface area contributed by atoms with Crippen LogP contribution in [0.5, 0.6) is 5.75 Å². The summed E-state index contributed by atoms with van der Waals surface area (Å²) in [4.78, 5) is 18.0. The molecule has 0 unspecified atom stereocenters. The molecule has 1 N–H and O–H groups in total. The van der Waals surface area contributed by atoms with Crippen LogP contribution < -0.4 is 4.74 Å². The number of hydrogen-bond donors (Lipinski definition) is 1. The molecule has 1 amide bonds. The summed E-state index contributed by atoms with van der Waals surface area (Å²) in [5.74, 6) is 0.674. The Labute approximate surface area is 168 Å². The smallest absolute Gasteiger partial charge is 0.254 e. The minimum absolute atomic E-state index is 0.0441. The van der Waals surface area contributed by atoms with E-state index in [0.717, 1.165) is 17.0 Å². The third-order valence-electron chi connectivity index (χ3n) is 4.31. The minimum Gasteiger partial charge on any atom is -0.497 e. The van der Waals surface area contributed by atoms with Crippen LogP contribution in [0.2, 0.25) is 10.0 Å². The van der Waals surface area contributed by atoms with E-state index in [4.69, 9.17) is 27.9 Å². The number of carbonyl (C=O) groups is 1. The fourth-order valence-corrected chi connectivity index (χ4v) is 3.32. The maximum atomic E-state index is 13.0. The van der Waals surface area contributed by atoms with Crippen LogP contribution in [-0.4, -0.2) is 29.4 Å². The number of carbonyl (C=O) groups excluding carboxylic acids is 1. The first-order valence-corrected chi connectivity index (χ1v) is 9.32. The van der Waals surface area contributed by atoms with Crippen LogP contribution in [0.25, 0.3) is 0 Å². The second kappa shape index (κ2) is 8.98. The van der Waals surface area contributed by atoms with E-state index in [9.17, 15) is 4.79 Å². The zero-order valence-electron chi connectivity index (χ0n) is 14.9. The maximum Gasteiger partial charge on any atom is 0.254 e. The zero-order valence-corrected chi connectivity index (χ0v) is 16.4. The van der Waals surface area contributed by atoms with Crippen molar-refractivity contribution >= 4 is 29.1 Å². The van der Waals surface area contributed by atoms with Crippen LogP contribution in [-0.2, 0) is 13.0 Å². The highest BCUT2D eigenvalue weighted by Crippen LogP contribution is 2.22. The maximum absolute atomic E-state index is 13.0. The predicted molar refractivity (Wildman–Crippen MR) is 109 cm³/mol. The average molecular weight is 403 g/mol. The predicted octanol–water partition coefficient (Wildman–Crippen LogP) is 5.22. The Kier molecular flexibility index (Phi) is 6.43. The number of hydrogen-bond acceptors (Lipinski definition) is 2. The number of nitrogens with one attached hydrogen (secondary N) is 1. The fraction of sp³-hybridized carbons (Fsp3) is 0.190. The number of halogens is 2. The first-order chi connectivity index (χ1) is 13.1. The van der Waals surface area contributed by atoms with E-state index in [0.29, 0.717) is 35.1 Å². The van der Waals surface area contributed by atoms with Gasteiger partial charge in [0.05, 0.1) is 13.7 Å². The Bertz CT molecular complexity index is 893. The van der Waals surface area contributed by atoms with Gasteiger partial charge in [-0.3, -0.25) is 4.79 Å². The van der Waals surface area contributed by atoms with E-state index in [1.807, 2.05) is 30.5 Å². The van der Waals surface area contributed by atoms with Gasteiger partial charge < -0.3 is 14.6 Å². The molecular weight excluding hydrogens is 383 g/mol. The molecule has 1 heterocycles. The summed E-state index contributed by atoms with van der Waals surface area (Å²) in [7, 11) is 1.60. The Balaban J connectivity index is 1.78. The van der Waals surface area contributed by atoms with Crippen molar-refractivity contribution in [3.8, 4) is 5.75 Å². The van der Waals surface area contributed by atoms with Crippen molar-refractivity contribution < 1.29 is 9.53 Å². The lowest BCUT2D eigenvalue weighted by Crippen LogP contribution is -2.32. The van der Waals surface area contributed by atoms with Crippen molar-refractivity contribution in [2.75, 3.05) is 13.7 Å². The number of benzene rings is 2. The van der Waals surface area contributed by atoms with Crippen molar-refractivity contribution in [2.45, 2.75) is 13.0 Å². The molecule has 6 heteroatoms. The molecule has 1 aromatic heterocycles. The number of ether oxygens (including phenoxy) is 1. The van der Waals surface area contributed by atoms with E-state index >= 15 is 0 Å². The van der Waals surface area contributed by atoms with Crippen LogP contribution in [0.1, 0.15) is 21.6 Å². The lowest BCUT2D eigenvalue weighted by atomic mass is 10.1. The first-order valence-electron chi connectivity index (χ1n) is 8.56. The average Bonchev–Trinajstić information content (AvgIpc) is 3.19. The SMILES string of the molecule is COc1ccc(C(=O)N(CCc2ccc(Cl)cc2Cl)Cc2ccc[nH]2)cc1. The van der Waals surface area contributed by atoms with Crippen molar-refractivity contribution in [1.29, 1.82) is 0 Å². The number of rotatable bonds is 7. The third kappa shape index (κ3) is 5.06. The standard InChI is InChI=1S/C21H20Cl2N2O2/c1-27-19-8-5-16(6-9-19)21(26)25(14-18-3-2-11-24-18)12-10-15-4-7-17(22)13-20(15)23/h2-9,11,13,24H,10,12,14H2,1H3. The zero-order chi connectivity index (χ0) is 19.2. The summed E-state index contributed by atoms with van der Waals surface area (Å²) in [5, 5.41) is 1.21. The molecule has 0 atom stereocenters. The molecule has 0 aliphatic rings. The van der Waals surface area contributed by atoms with Crippen molar-refractivity contribution in [2.24, 2.45) is 0 Å². The van der Waals surface area contributed by atoms with Gasteiger partial charge in [0.1, 0.15) is 5.75 Å². The number of nitrogens with zero attached hydrogens (tertiary/aromatic N) is 1. The van der Waals surface area contributed by atoms with E-state index in [1.54, 1.807) is 42.3 Å². The van der Waals surface area contributed by atoms with Gasteiger partial charge in [-0.2, -0.15) is 0 Å². The van der Waals surface area contributed by atoms with E-state index in [2.05, 4.69) is 4.98 Å². The van der Waals surface area contributed by atoms with Gasteiger partial charge in [0.2, 0.25) is 0 Å². The highest BCUT2D eigenvalue weighted by atomic mass is 35.5. The molecule has 0 radical (unpaired) electrons. The molecule has 0 saturated carbocycles. The third-order valence-corrected chi connectivity index (χ3v) is 4.90. The van der Waals surface area contributed by atoms with Crippen LogP contribution in [0.3, 0.4) is 0 Å². The molecule has 0 saturated heterocycles. The molecule has 0 spiro atoms. The molecule has 0 aliphatic heterocycles. The molecule has 2 aromatic carbocycles. The summed E-state index contributed by atoms with van der Waals surface area (Å²) in [5.41, 5.74) is 2.55. The van der Waals surface area contributed by atoms with E-state index < -0.39 is 0 Å². The van der Waals surface area contributed by atoms with Crippen molar-refractivity contribution in [3.63, 3.8) is 0 Å². The summed E-state index contributed by atoms with van der Waals surface area (Å²) >= 11 is 12.2. The first kappa shape index (κ1) is 19.3. The molecule has 3 rings (SSSR count). The molecular formula is C21H20Cl2N2O2. The Morgan fingerprint density at radius 2 is 1.89 bits per heavy atom. The lowest BCUT2D eigenvalue weighted by Gasteiger charge is -2.23. The van der Waals surface area contributed by atoms with Crippen molar-refractivity contribution in [1.82, 2.24) is 9.88 Å². The number of methoxy groups -OCH3 is 1. The normalized spacial score (nSPS) is 10.6. The number of amides is 1. The van der Waals surface area contributed by atoms with Gasteiger partial charge in [0.15, 0.2) is 0 Å². The molecule has 27 heavy (non-hydrogen) atoms. The fourth-order valence-electron chi connectivity index (χ4n) is 2.82. The Hall–Kier alpha value is -2.43. The molecule has 0 fully saturated rings. The van der Waals surface area contributed by atoms with Gasteiger partial charge in [0.25, 0.3) is 5.91 Å². The number of aromatic amines is 1. The van der Waals surface area contributed by atoms with Gasteiger partial charge in [-0.1, -0.05) is 29.3 Å². The van der Waals surface area contributed by atoms with Gasteiger partial charge in [-0.05, 0) is 60.5 Å². The van der Waals surface area contributed by atoms with E-state index in [-0.39, 0.29) is 5.91 Å². The molecule has 0 aliphatic carbocycles. The van der Waals surface area contributed by atoms with E-state index in [1.165, 1.54) is 0 Å². The van der Waals surface area contributed by atoms with Gasteiger partial charge in [-0.15, -0.1) is 0 Å². The Morgan fingerprint density at radius 3 is 2.52 bits per heavy atom. The largest absolute Gasteiger partial charge is 0.497 e. The quantitative estimate of drug-likeness (QED) is 0.588. The second-order valence-corrected chi connectivity index (χ2v) is 6.98. The van der Waals surface area contributed by atoms with Gasteiger partial charge in [-0.25, -0.2) is 0 Å². The topological polar surface area (TPSA) is 45.3 Å². The summed E-state index contributed by atoms with van der Waals surface area (Å²) in [6.07, 6.45) is 2.49. The minimum atomic E-state index is -0.0441. The summed E-state index contributed by atoms with van der Waals surface area (Å²) in [6, 6.07) is 16.4. The number of H-pyrrole nitrogens is 1. The molecule has 3 aromatic rings. The molecule has 0 bridgehead atoms. The molecule has 140 valence electrons. The Morgan fingerprint density at radius 1 is 1.11 bits per heavy atom. The van der Waals surface area contributed by atoms with Crippen LogP contribution in [0.4, 0.5) is 0 Å². The monoisotopic (exact) mass is 402 g/mol. The second-order valence-electron chi connectivity index (χ2n) is 6.14. The lowest BCUT2D eigenvalue weighted by molar-refractivity contribution is 0.0743. The van der Waals surface area contributed by atoms with Crippen LogP contribution in [0, 0.1) is 0 Å². The van der Waals surface area contributed by atoms with Gasteiger partial charge >= 0.3 is 0 Å². The van der Waals surface area contributed by atoms with Gasteiger partial charge in [0, 0.05) is 34.0 Å².